The number of methoxy groups -OCH3 is 2. The van der Waals surface area contributed by atoms with E-state index in [1.807, 2.05) is 37.3 Å². The van der Waals surface area contributed by atoms with Crippen molar-refractivity contribution in [2.24, 2.45) is 0 Å². The molecule has 5 nitrogen and oxygen atoms in total. The molecule has 0 saturated carbocycles. The minimum absolute atomic E-state index is 0.0421. The lowest BCUT2D eigenvalue weighted by molar-refractivity contribution is -0.0747. The predicted octanol–water partition coefficient (Wildman–Crippen LogP) is 2.29. The molecule has 1 heterocycles. The number of aromatic nitrogens is 2. The fourth-order valence-electron chi connectivity index (χ4n) is 2.12. The summed E-state index contributed by atoms with van der Waals surface area (Å²) in [5, 5.41) is 4.25. The van der Waals surface area contributed by atoms with Crippen LogP contribution in [0.15, 0.2) is 42.6 Å². The molecule has 0 aliphatic heterocycles. The number of benzene rings is 1. The average molecular weight is 274 g/mol. The second-order valence-corrected chi connectivity index (χ2v) is 4.42. The van der Waals surface area contributed by atoms with Crippen molar-refractivity contribution >= 4 is 5.78 Å². The molecule has 5 heteroatoms. The lowest BCUT2D eigenvalue weighted by Gasteiger charge is -2.18. The quantitative estimate of drug-likeness (QED) is 0.599. The third-order valence-corrected chi connectivity index (χ3v) is 3.21. The zero-order valence-electron chi connectivity index (χ0n) is 11.8. The molecule has 20 heavy (non-hydrogen) atoms. The first-order valence-corrected chi connectivity index (χ1v) is 6.37. The Morgan fingerprint density at radius 3 is 2.40 bits per heavy atom. The van der Waals surface area contributed by atoms with Crippen molar-refractivity contribution in [2.45, 2.75) is 19.3 Å². The van der Waals surface area contributed by atoms with E-state index in [4.69, 9.17) is 9.47 Å². The smallest absolute Gasteiger partial charge is 0.236 e. The summed E-state index contributed by atoms with van der Waals surface area (Å²) in [6.45, 7) is 1.99. The van der Waals surface area contributed by atoms with Crippen molar-refractivity contribution in [3.05, 3.63) is 53.9 Å². The topological polar surface area (TPSA) is 53.4 Å². The van der Waals surface area contributed by atoms with E-state index in [0.29, 0.717) is 5.69 Å². The number of carbonyl (C=O) groups excluding carboxylic acids is 1. The molecule has 0 unspecified atom stereocenters. The normalized spacial score (nSPS) is 12.6. The van der Waals surface area contributed by atoms with Crippen LogP contribution in [0.25, 0.3) is 0 Å². The van der Waals surface area contributed by atoms with Crippen LogP contribution in [-0.2, 0) is 9.47 Å². The molecule has 1 aromatic carbocycles. The van der Waals surface area contributed by atoms with Gasteiger partial charge in [-0.05, 0) is 18.6 Å². The van der Waals surface area contributed by atoms with Crippen molar-refractivity contribution in [3.63, 3.8) is 0 Å². The van der Waals surface area contributed by atoms with E-state index in [2.05, 4.69) is 5.10 Å². The zero-order chi connectivity index (χ0) is 14.5. The van der Waals surface area contributed by atoms with Crippen LogP contribution in [-0.4, -0.2) is 36.1 Å². The van der Waals surface area contributed by atoms with Gasteiger partial charge in [-0.2, -0.15) is 5.10 Å². The molecular weight excluding hydrogens is 256 g/mol. The van der Waals surface area contributed by atoms with Crippen molar-refractivity contribution < 1.29 is 14.3 Å². The third kappa shape index (κ3) is 2.79. The lowest BCUT2D eigenvalue weighted by atomic mass is 10.1. The van der Waals surface area contributed by atoms with Gasteiger partial charge in [-0.1, -0.05) is 30.3 Å². The van der Waals surface area contributed by atoms with Gasteiger partial charge < -0.3 is 9.47 Å². The number of ether oxygens (including phenoxy) is 2. The summed E-state index contributed by atoms with van der Waals surface area (Å²) in [6, 6.07) is 11.5. The van der Waals surface area contributed by atoms with Gasteiger partial charge in [-0.15, -0.1) is 0 Å². The van der Waals surface area contributed by atoms with E-state index in [1.165, 1.54) is 14.2 Å². The summed E-state index contributed by atoms with van der Waals surface area (Å²) in [5.41, 5.74) is 1.55. The monoisotopic (exact) mass is 274 g/mol. The largest absolute Gasteiger partial charge is 0.349 e. The van der Waals surface area contributed by atoms with Gasteiger partial charge in [-0.3, -0.25) is 9.48 Å². The Hall–Kier alpha value is -1.98. The van der Waals surface area contributed by atoms with E-state index in [9.17, 15) is 4.79 Å². The summed E-state index contributed by atoms with van der Waals surface area (Å²) in [7, 11) is 2.88. The number of carbonyl (C=O) groups is 1. The second-order valence-electron chi connectivity index (χ2n) is 4.42. The van der Waals surface area contributed by atoms with E-state index >= 15 is 0 Å². The molecule has 0 amide bonds. The maximum Gasteiger partial charge on any atom is 0.236 e. The Morgan fingerprint density at radius 1 is 1.15 bits per heavy atom. The Labute approximate surface area is 118 Å². The number of hydrogen-bond donors (Lipinski definition) is 0. The van der Waals surface area contributed by atoms with E-state index < -0.39 is 6.29 Å². The van der Waals surface area contributed by atoms with Crippen LogP contribution in [0, 0.1) is 0 Å². The Bertz CT molecular complexity index is 562. The first-order valence-electron chi connectivity index (χ1n) is 6.37. The van der Waals surface area contributed by atoms with Gasteiger partial charge in [0.1, 0.15) is 5.69 Å². The van der Waals surface area contributed by atoms with Crippen LogP contribution >= 0.6 is 0 Å². The fraction of sp³-hybridized carbons (Fsp3) is 0.333. The molecule has 106 valence electrons. The van der Waals surface area contributed by atoms with Gasteiger partial charge in [-0.25, -0.2) is 0 Å². The van der Waals surface area contributed by atoms with Gasteiger partial charge in [0.05, 0.1) is 6.04 Å². The summed E-state index contributed by atoms with van der Waals surface area (Å²) in [4.78, 5) is 12.3. The average Bonchev–Trinajstić information content (AvgIpc) is 2.98. The Kier molecular flexibility index (Phi) is 4.65. The van der Waals surface area contributed by atoms with Crippen molar-refractivity contribution in [2.75, 3.05) is 14.2 Å². The predicted molar refractivity (Wildman–Crippen MR) is 74.6 cm³/mol. The molecule has 2 rings (SSSR count). The van der Waals surface area contributed by atoms with E-state index in [1.54, 1.807) is 16.9 Å². The second kappa shape index (κ2) is 6.45. The van der Waals surface area contributed by atoms with Gasteiger partial charge in [0.25, 0.3) is 0 Å². The molecule has 0 N–H and O–H groups in total. The highest BCUT2D eigenvalue weighted by molar-refractivity contribution is 5.97. The highest BCUT2D eigenvalue weighted by Crippen LogP contribution is 2.19. The molecule has 0 aliphatic rings. The molecule has 0 fully saturated rings. The SMILES string of the molecule is COC(OC)C(=O)c1ccnn1[C@H](C)c1ccccc1. The number of ketones is 1. The van der Waals surface area contributed by atoms with Gasteiger partial charge in [0.15, 0.2) is 0 Å². The molecule has 1 aromatic heterocycles. The van der Waals surface area contributed by atoms with Crippen LogP contribution in [0.5, 0.6) is 0 Å². The van der Waals surface area contributed by atoms with Crippen molar-refractivity contribution in [1.29, 1.82) is 0 Å². The number of nitrogens with zero attached hydrogens (tertiary/aromatic N) is 2. The van der Waals surface area contributed by atoms with Gasteiger partial charge in [0.2, 0.25) is 12.1 Å². The Morgan fingerprint density at radius 2 is 1.80 bits per heavy atom. The first-order chi connectivity index (χ1) is 9.69. The van der Waals surface area contributed by atoms with Crippen LogP contribution in [0.3, 0.4) is 0 Å². The molecule has 0 spiro atoms. The highest BCUT2D eigenvalue weighted by Gasteiger charge is 2.24. The Balaban J connectivity index is 2.31. The summed E-state index contributed by atoms with van der Waals surface area (Å²) < 4.78 is 11.7. The minimum Gasteiger partial charge on any atom is -0.349 e. The van der Waals surface area contributed by atoms with Crippen LogP contribution < -0.4 is 0 Å². The maximum absolute atomic E-state index is 12.3. The van der Waals surface area contributed by atoms with Gasteiger partial charge >= 0.3 is 0 Å². The molecule has 0 aliphatic carbocycles. The minimum atomic E-state index is -0.909. The fourth-order valence-corrected chi connectivity index (χ4v) is 2.12. The maximum atomic E-state index is 12.3. The van der Waals surface area contributed by atoms with Crippen LogP contribution in [0.4, 0.5) is 0 Å². The first kappa shape index (κ1) is 14.4. The van der Waals surface area contributed by atoms with E-state index in [0.717, 1.165) is 5.56 Å². The number of hydrogen-bond acceptors (Lipinski definition) is 4. The molecule has 1 atom stereocenters. The highest BCUT2D eigenvalue weighted by atomic mass is 16.7. The molecule has 2 aromatic rings. The summed E-state index contributed by atoms with van der Waals surface area (Å²) in [6.07, 6.45) is 0.697. The molecule has 0 saturated heterocycles. The molecule has 0 bridgehead atoms. The van der Waals surface area contributed by atoms with Gasteiger partial charge in [0, 0.05) is 20.4 Å². The number of rotatable bonds is 6. The third-order valence-electron chi connectivity index (χ3n) is 3.21. The molecular formula is C15H18N2O3. The van der Waals surface area contributed by atoms with Crippen LogP contribution in [0.1, 0.15) is 29.0 Å². The zero-order valence-corrected chi connectivity index (χ0v) is 11.8. The van der Waals surface area contributed by atoms with E-state index in [-0.39, 0.29) is 11.8 Å². The summed E-state index contributed by atoms with van der Waals surface area (Å²) in [5.74, 6) is -0.240. The van der Waals surface area contributed by atoms with Crippen molar-refractivity contribution in [1.82, 2.24) is 9.78 Å². The molecule has 0 radical (unpaired) electrons. The summed E-state index contributed by atoms with van der Waals surface area (Å²) >= 11 is 0. The van der Waals surface area contributed by atoms with Crippen molar-refractivity contribution in [3.8, 4) is 0 Å². The standard InChI is InChI=1S/C15H18N2O3/c1-11(12-7-5-4-6-8-12)17-13(9-10-16-17)14(18)15(19-2)20-3/h4-11,15H,1-3H3/t11-/m1/s1. The lowest BCUT2D eigenvalue weighted by Crippen LogP contribution is -2.28. The van der Waals surface area contributed by atoms with Crippen LogP contribution in [0.2, 0.25) is 0 Å². The number of Topliss-reactive ketones (excluding diaryl/α,β-unsaturated/α-hetero) is 1.